The predicted octanol–water partition coefficient (Wildman–Crippen LogP) is 2.55. The lowest BCUT2D eigenvalue weighted by atomic mass is 10.1. The standard InChI is InChI=1S/C19H19N3O2S/c23-18-15(12-14-4-1-2-5-16(14)20-18)13-21-7-9-22(10-8-21)19(24)17-6-3-11-25-17/h1-6,11-12H,7-10,13H2,(H,20,23). The summed E-state index contributed by atoms with van der Waals surface area (Å²) in [5, 5.41) is 2.97. The number of nitrogens with one attached hydrogen (secondary N) is 1. The molecule has 0 radical (unpaired) electrons. The first-order chi connectivity index (χ1) is 12.2. The Morgan fingerprint density at radius 1 is 1.08 bits per heavy atom. The Kier molecular flexibility index (Phi) is 4.38. The molecule has 1 saturated heterocycles. The van der Waals surface area contributed by atoms with Crippen molar-refractivity contribution in [3.05, 3.63) is 68.6 Å². The van der Waals surface area contributed by atoms with Crippen LogP contribution in [0, 0.1) is 0 Å². The number of piperazine rings is 1. The van der Waals surface area contributed by atoms with Gasteiger partial charge in [0, 0.05) is 43.8 Å². The van der Waals surface area contributed by atoms with E-state index in [1.807, 2.05) is 52.7 Å². The summed E-state index contributed by atoms with van der Waals surface area (Å²) >= 11 is 1.48. The van der Waals surface area contributed by atoms with E-state index in [9.17, 15) is 9.59 Å². The number of hydrogen-bond donors (Lipinski definition) is 1. The van der Waals surface area contributed by atoms with Crippen LogP contribution in [0.5, 0.6) is 0 Å². The van der Waals surface area contributed by atoms with E-state index in [4.69, 9.17) is 0 Å². The second-order valence-corrected chi connectivity index (χ2v) is 7.20. The number of H-pyrrole nitrogens is 1. The molecule has 5 nitrogen and oxygen atoms in total. The van der Waals surface area contributed by atoms with Crippen LogP contribution in [0.3, 0.4) is 0 Å². The van der Waals surface area contributed by atoms with Gasteiger partial charge in [-0.3, -0.25) is 14.5 Å². The normalized spacial score (nSPS) is 15.6. The first-order valence-electron chi connectivity index (χ1n) is 8.37. The highest BCUT2D eigenvalue weighted by Gasteiger charge is 2.23. The molecule has 3 aromatic rings. The Balaban J connectivity index is 1.43. The lowest BCUT2D eigenvalue weighted by Gasteiger charge is -2.34. The summed E-state index contributed by atoms with van der Waals surface area (Å²) < 4.78 is 0. The van der Waals surface area contributed by atoms with Gasteiger partial charge in [-0.2, -0.15) is 0 Å². The molecule has 128 valence electrons. The number of nitrogens with zero attached hydrogens (tertiary/aromatic N) is 2. The lowest BCUT2D eigenvalue weighted by molar-refractivity contribution is 0.0633. The molecule has 0 saturated carbocycles. The summed E-state index contributed by atoms with van der Waals surface area (Å²) in [7, 11) is 0. The summed E-state index contributed by atoms with van der Waals surface area (Å²) in [5.74, 6) is 0.109. The first kappa shape index (κ1) is 16.1. The lowest BCUT2D eigenvalue weighted by Crippen LogP contribution is -2.48. The van der Waals surface area contributed by atoms with Crippen LogP contribution in [0.25, 0.3) is 10.9 Å². The fraction of sp³-hybridized carbons (Fsp3) is 0.263. The van der Waals surface area contributed by atoms with Crippen LogP contribution in [0.4, 0.5) is 0 Å². The number of aromatic amines is 1. The van der Waals surface area contributed by atoms with Gasteiger partial charge < -0.3 is 9.88 Å². The molecule has 6 heteroatoms. The quantitative estimate of drug-likeness (QED) is 0.787. The van der Waals surface area contributed by atoms with E-state index in [0.717, 1.165) is 34.4 Å². The molecule has 1 aromatic carbocycles. The molecule has 1 amide bonds. The number of hydrogen-bond acceptors (Lipinski definition) is 4. The third-order valence-corrected chi connectivity index (χ3v) is 5.47. The van der Waals surface area contributed by atoms with Gasteiger partial charge in [-0.05, 0) is 29.0 Å². The monoisotopic (exact) mass is 353 g/mol. The number of benzene rings is 1. The zero-order chi connectivity index (χ0) is 17.2. The van der Waals surface area contributed by atoms with E-state index in [0.29, 0.717) is 19.6 Å². The van der Waals surface area contributed by atoms with Crippen molar-refractivity contribution >= 4 is 28.1 Å². The van der Waals surface area contributed by atoms with Crippen LogP contribution in [-0.4, -0.2) is 46.9 Å². The minimum Gasteiger partial charge on any atom is -0.335 e. The molecular weight excluding hydrogens is 334 g/mol. The van der Waals surface area contributed by atoms with Crippen LogP contribution >= 0.6 is 11.3 Å². The SMILES string of the molecule is O=C(c1cccs1)N1CCN(Cc2cc3ccccc3[nH]c2=O)CC1. The van der Waals surface area contributed by atoms with Crippen LogP contribution in [0.2, 0.25) is 0 Å². The Morgan fingerprint density at radius 3 is 2.64 bits per heavy atom. The summed E-state index contributed by atoms with van der Waals surface area (Å²) in [5.41, 5.74) is 1.61. The molecule has 1 aliphatic rings. The van der Waals surface area contributed by atoms with Crippen molar-refractivity contribution in [3.63, 3.8) is 0 Å². The van der Waals surface area contributed by atoms with Crippen LogP contribution in [-0.2, 0) is 6.54 Å². The van der Waals surface area contributed by atoms with Crippen molar-refractivity contribution in [2.24, 2.45) is 0 Å². The molecule has 1 aliphatic heterocycles. The maximum atomic E-state index is 12.4. The number of para-hydroxylation sites is 1. The molecule has 0 spiro atoms. The van der Waals surface area contributed by atoms with E-state index in [1.54, 1.807) is 0 Å². The Morgan fingerprint density at radius 2 is 1.88 bits per heavy atom. The third-order valence-electron chi connectivity index (χ3n) is 4.62. The number of carbonyl (C=O) groups is 1. The van der Waals surface area contributed by atoms with Gasteiger partial charge in [0.2, 0.25) is 0 Å². The fourth-order valence-electron chi connectivity index (χ4n) is 3.22. The average molecular weight is 353 g/mol. The summed E-state index contributed by atoms with van der Waals surface area (Å²) in [4.78, 5) is 32.5. The highest BCUT2D eigenvalue weighted by Crippen LogP contribution is 2.15. The van der Waals surface area contributed by atoms with Crippen molar-refractivity contribution in [1.29, 1.82) is 0 Å². The molecular formula is C19H19N3O2S. The van der Waals surface area contributed by atoms with E-state index in [2.05, 4.69) is 9.88 Å². The van der Waals surface area contributed by atoms with Crippen molar-refractivity contribution in [2.75, 3.05) is 26.2 Å². The predicted molar refractivity (Wildman–Crippen MR) is 100 cm³/mol. The summed E-state index contributed by atoms with van der Waals surface area (Å²) in [6.07, 6.45) is 0. The first-order valence-corrected chi connectivity index (χ1v) is 9.25. The maximum Gasteiger partial charge on any atom is 0.264 e. The molecule has 0 bridgehead atoms. The zero-order valence-electron chi connectivity index (χ0n) is 13.8. The maximum absolute atomic E-state index is 12.4. The van der Waals surface area contributed by atoms with Gasteiger partial charge >= 0.3 is 0 Å². The highest BCUT2D eigenvalue weighted by atomic mass is 32.1. The molecule has 1 fully saturated rings. The summed E-state index contributed by atoms with van der Waals surface area (Å²) in [6.45, 7) is 3.57. The number of fused-ring (bicyclic) bond motifs is 1. The van der Waals surface area contributed by atoms with Gasteiger partial charge in [0.1, 0.15) is 0 Å². The van der Waals surface area contributed by atoms with E-state index in [-0.39, 0.29) is 11.5 Å². The van der Waals surface area contributed by atoms with Crippen LogP contribution in [0.1, 0.15) is 15.2 Å². The topological polar surface area (TPSA) is 56.4 Å². The third kappa shape index (κ3) is 3.36. The number of rotatable bonds is 3. The Bertz CT molecular complexity index is 941. The van der Waals surface area contributed by atoms with Gasteiger partial charge in [0.05, 0.1) is 4.88 Å². The second-order valence-electron chi connectivity index (χ2n) is 6.26. The van der Waals surface area contributed by atoms with Gasteiger partial charge in [-0.1, -0.05) is 24.3 Å². The number of thiophene rings is 1. The van der Waals surface area contributed by atoms with E-state index < -0.39 is 0 Å². The minimum atomic E-state index is -0.0317. The van der Waals surface area contributed by atoms with Crippen molar-refractivity contribution in [2.45, 2.75) is 6.54 Å². The number of carbonyl (C=O) groups excluding carboxylic acids is 1. The van der Waals surface area contributed by atoms with Gasteiger partial charge in [-0.25, -0.2) is 0 Å². The average Bonchev–Trinajstić information content (AvgIpc) is 3.17. The van der Waals surface area contributed by atoms with E-state index in [1.165, 1.54) is 11.3 Å². The molecule has 25 heavy (non-hydrogen) atoms. The number of amides is 1. The number of pyridine rings is 1. The van der Waals surface area contributed by atoms with Gasteiger partial charge in [0.15, 0.2) is 0 Å². The molecule has 0 aliphatic carbocycles. The number of aromatic nitrogens is 1. The van der Waals surface area contributed by atoms with Crippen molar-refractivity contribution in [3.8, 4) is 0 Å². The zero-order valence-corrected chi connectivity index (χ0v) is 14.6. The van der Waals surface area contributed by atoms with Crippen molar-refractivity contribution in [1.82, 2.24) is 14.8 Å². The highest BCUT2D eigenvalue weighted by molar-refractivity contribution is 7.12. The molecule has 0 atom stereocenters. The smallest absolute Gasteiger partial charge is 0.264 e. The second kappa shape index (κ2) is 6.82. The minimum absolute atomic E-state index is 0.0317. The molecule has 0 unspecified atom stereocenters. The van der Waals surface area contributed by atoms with Crippen molar-refractivity contribution < 1.29 is 4.79 Å². The summed E-state index contributed by atoms with van der Waals surface area (Å²) in [6, 6.07) is 13.6. The largest absolute Gasteiger partial charge is 0.335 e. The van der Waals surface area contributed by atoms with Gasteiger partial charge in [-0.15, -0.1) is 11.3 Å². The van der Waals surface area contributed by atoms with Gasteiger partial charge in [0.25, 0.3) is 11.5 Å². The Hall–Kier alpha value is -2.44. The van der Waals surface area contributed by atoms with Crippen LogP contribution < -0.4 is 5.56 Å². The molecule has 1 N–H and O–H groups in total. The van der Waals surface area contributed by atoms with E-state index >= 15 is 0 Å². The molecule has 3 heterocycles. The van der Waals surface area contributed by atoms with Crippen LogP contribution in [0.15, 0.2) is 52.6 Å². The molecule has 4 rings (SSSR count). The molecule has 2 aromatic heterocycles. The Labute approximate surface area is 149 Å². The fourth-order valence-corrected chi connectivity index (χ4v) is 3.91.